The van der Waals surface area contributed by atoms with Crippen molar-refractivity contribution in [2.75, 3.05) is 17.8 Å². The van der Waals surface area contributed by atoms with Crippen molar-refractivity contribution in [3.05, 3.63) is 72.3 Å². The highest BCUT2D eigenvalue weighted by Crippen LogP contribution is 2.20. The van der Waals surface area contributed by atoms with Crippen molar-refractivity contribution in [1.82, 2.24) is 5.32 Å². The van der Waals surface area contributed by atoms with Crippen LogP contribution in [0.15, 0.2) is 66.1 Å². The molecule has 0 bridgehead atoms. The molecule has 0 aromatic heterocycles. The minimum Gasteiger partial charge on any atom is -0.313 e. The molecule has 0 saturated heterocycles. The third-order valence-electron chi connectivity index (χ3n) is 3.94. The van der Waals surface area contributed by atoms with Crippen molar-refractivity contribution < 1.29 is 8.42 Å². The van der Waals surface area contributed by atoms with Crippen LogP contribution < -0.4 is 10.0 Å². The maximum atomic E-state index is 12.5. The maximum Gasteiger partial charge on any atom is 0.261 e. The van der Waals surface area contributed by atoms with E-state index in [1.54, 1.807) is 24.3 Å². The zero-order valence-corrected chi connectivity index (χ0v) is 16.9. The molecule has 0 spiro atoms. The Morgan fingerprint density at radius 1 is 1.04 bits per heavy atom. The lowest BCUT2D eigenvalue weighted by molar-refractivity contribution is 0.601. The van der Waals surface area contributed by atoms with Gasteiger partial charge >= 0.3 is 0 Å². The summed E-state index contributed by atoms with van der Waals surface area (Å²) in [5.41, 5.74) is 2.84. The van der Waals surface area contributed by atoms with E-state index in [9.17, 15) is 8.42 Å². The lowest BCUT2D eigenvalue weighted by Crippen LogP contribution is -2.16. The summed E-state index contributed by atoms with van der Waals surface area (Å²) < 4.78 is 27.6. The Hall–Kier alpha value is -1.82. The third kappa shape index (κ3) is 6.48. The summed E-state index contributed by atoms with van der Waals surface area (Å²) >= 11 is 0. The molecule has 0 aliphatic carbocycles. The van der Waals surface area contributed by atoms with E-state index in [1.807, 2.05) is 30.3 Å². The van der Waals surface area contributed by atoms with Gasteiger partial charge in [-0.1, -0.05) is 44.2 Å². The SMILES string of the molecule is C=CCNCCc1ccc(NS(=O)(=O)c2ccc(C(C)C)cc2)cc1.Cl. The summed E-state index contributed by atoms with van der Waals surface area (Å²) in [5, 5.41) is 3.24. The Balaban J connectivity index is 0.00000338. The number of rotatable bonds is 9. The zero-order chi connectivity index (χ0) is 18.3. The lowest BCUT2D eigenvalue weighted by Gasteiger charge is -2.11. The predicted octanol–water partition coefficient (Wildman–Crippen LogP) is 4.35. The first-order chi connectivity index (χ1) is 11.9. The highest BCUT2D eigenvalue weighted by atomic mass is 35.5. The van der Waals surface area contributed by atoms with Crippen LogP contribution in [0.5, 0.6) is 0 Å². The predicted molar refractivity (Wildman–Crippen MR) is 112 cm³/mol. The Morgan fingerprint density at radius 2 is 1.65 bits per heavy atom. The molecule has 2 rings (SSSR count). The van der Waals surface area contributed by atoms with E-state index in [0.717, 1.165) is 30.6 Å². The topological polar surface area (TPSA) is 58.2 Å². The molecule has 0 radical (unpaired) electrons. The molecule has 0 saturated carbocycles. The van der Waals surface area contributed by atoms with Gasteiger partial charge in [-0.25, -0.2) is 8.42 Å². The number of hydrogen-bond donors (Lipinski definition) is 2. The molecule has 6 heteroatoms. The molecule has 4 nitrogen and oxygen atoms in total. The fraction of sp³-hybridized carbons (Fsp3) is 0.300. The van der Waals surface area contributed by atoms with Gasteiger partial charge in [-0.3, -0.25) is 4.72 Å². The summed E-state index contributed by atoms with van der Waals surface area (Å²) in [5.74, 6) is 0.373. The van der Waals surface area contributed by atoms with E-state index >= 15 is 0 Å². The number of sulfonamides is 1. The molecule has 142 valence electrons. The van der Waals surface area contributed by atoms with Crippen molar-refractivity contribution in [3.8, 4) is 0 Å². The number of benzene rings is 2. The molecule has 26 heavy (non-hydrogen) atoms. The van der Waals surface area contributed by atoms with E-state index in [1.165, 1.54) is 0 Å². The van der Waals surface area contributed by atoms with Crippen molar-refractivity contribution in [1.29, 1.82) is 0 Å². The number of anilines is 1. The van der Waals surface area contributed by atoms with Crippen molar-refractivity contribution in [2.45, 2.75) is 31.1 Å². The number of halogens is 1. The summed E-state index contributed by atoms with van der Waals surface area (Å²) in [4.78, 5) is 0.273. The maximum absolute atomic E-state index is 12.5. The van der Waals surface area contributed by atoms with Gasteiger partial charge in [-0.2, -0.15) is 0 Å². The van der Waals surface area contributed by atoms with Gasteiger partial charge < -0.3 is 5.32 Å². The molecule has 0 heterocycles. The second-order valence-electron chi connectivity index (χ2n) is 6.27. The first kappa shape index (κ1) is 22.2. The van der Waals surface area contributed by atoms with Crippen LogP contribution in [0.1, 0.15) is 30.9 Å². The summed E-state index contributed by atoms with van der Waals surface area (Å²) in [6.45, 7) is 9.47. The average Bonchev–Trinajstić information content (AvgIpc) is 2.60. The van der Waals surface area contributed by atoms with Crippen molar-refractivity contribution in [3.63, 3.8) is 0 Å². The smallest absolute Gasteiger partial charge is 0.261 e. The second-order valence-corrected chi connectivity index (χ2v) is 7.95. The normalized spacial score (nSPS) is 11.0. The van der Waals surface area contributed by atoms with Crippen LogP contribution in [0.3, 0.4) is 0 Å². The third-order valence-corrected chi connectivity index (χ3v) is 5.34. The molecule has 0 unspecified atom stereocenters. The highest BCUT2D eigenvalue weighted by Gasteiger charge is 2.14. The fourth-order valence-electron chi connectivity index (χ4n) is 2.42. The van der Waals surface area contributed by atoms with Gasteiger partial charge in [-0.05, 0) is 54.3 Å². The number of nitrogens with one attached hydrogen (secondary N) is 2. The lowest BCUT2D eigenvalue weighted by atomic mass is 10.0. The Bertz CT molecular complexity index is 786. The summed E-state index contributed by atoms with van der Waals surface area (Å²) in [6.07, 6.45) is 2.71. The Labute approximate surface area is 163 Å². The van der Waals surface area contributed by atoms with Crippen LogP contribution in [0.4, 0.5) is 5.69 Å². The van der Waals surface area contributed by atoms with Gasteiger partial charge in [0.15, 0.2) is 0 Å². The van der Waals surface area contributed by atoms with Crippen LogP contribution in [0.25, 0.3) is 0 Å². The fourth-order valence-corrected chi connectivity index (χ4v) is 3.48. The molecule has 2 aromatic carbocycles. The van der Waals surface area contributed by atoms with E-state index in [2.05, 4.69) is 30.5 Å². The van der Waals surface area contributed by atoms with Gasteiger partial charge in [0.25, 0.3) is 10.0 Å². The largest absolute Gasteiger partial charge is 0.313 e. The highest BCUT2D eigenvalue weighted by molar-refractivity contribution is 7.92. The van der Waals surface area contributed by atoms with Gasteiger partial charge in [0.1, 0.15) is 0 Å². The molecule has 0 aliphatic heterocycles. The molecule has 2 aromatic rings. The first-order valence-electron chi connectivity index (χ1n) is 8.45. The Kier molecular flexibility index (Phi) is 8.85. The van der Waals surface area contributed by atoms with Crippen LogP contribution in [0, 0.1) is 0 Å². The first-order valence-corrected chi connectivity index (χ1v) is 9.94. The quantitative estimate of drug-likeness (QED) is 0.491. The summed E-state index contributed by atoms with van der Waals surface area (Å²) in [7, 11) is -3.57. The molecule has 0 atom stereocenters. The standard InChI is InChI=1S/C20H26N2O2S.ClH/c1-4-14-21-15-13-17-5-9-19(10-6-17)22-25(23,24)20-11-7-18(8-12-20)16(2)3;/h4-12,16,21-22H,1,13-15H2,2-3H3;1H. The molecular formula is C20H27ClN2O2S. The monoisotopic (exact) mass is 394 g/mol. The van der Waals surface area contributed by atoms with Gasteiger partial charge in [-0.15, -0.1) is 19.0 Å². The number of hydrogen-bond acceptors (Lipinski definition) is 3. The van der Waals surface area contributed by atoms with Crippen LogP contribution in [-0.4, -0.2) is 21.5 Å². The van der Waals surface area contributed by atoms with Crippen molar-refractivity contribution in [2.24, 2.45) is 0 Å². The molecule has 0 aliphatic rings. The van der Waals surface area contributed by atoms with Gasteiger partial charge in [0, 0.05) is 12.2 Å². The molecule has 2 N–H and O–H groups in total. The second kappa shape index (κ2) is 10.4. The minimum absolute atomic E-state index is 0. The van der Waals surface area contributed by atoms with Gasteiger partial charge in [0.05, 0.1) is 4.90 Å². The molecule has 0 amide bonds. The Morgan fingerprint density at radius 3 is 2.19 bits per heavy atom. The van der Waals surface area contributed by atoms with Crippen molar-refractivity contribution >= 4 is 28.1 Å². The van der Waals surface area contributed by atoms with Crippen LogP contribution >= 0.6 is 12.4 Å². The molecular weight excluding hydrogens is 368 g/mol. The minimum atomic E-state index is -3.57. The van der Waals surface area contributed by atoms with Crippen LogP contribution in [0.2, 0.25) is 0 Å². The van der Waals surface area contributed by atoms with E-state index in [4.69, 9.17) is 0 Å². The average molecular weight is 395 g/mol. The van der Waals surface area contributed by atoms with Crippen LogP contribution in [-0.2, 0) is 16.4 Å². The summed E-state index contributed by atoms with van der Waals surface area (Å²) in [6, 6.07) is 14.5. The zero-order valence-electron chi connectivity index (χ0n) is 15.2. The van der Waals surface area contributed by atoms with E-state index in [0.29, 0.717) is 11.6 Å². The van der Waals surface area contributed by atoms with E-state index in [-0.39, 0.29) is 17.3 Å². The van der Waals surface area contributed by atoms with Gasteiger partial charge in [0.2, 0.25) is 0 Å². The molecule has 0 fully saturated rings. The van der Waals surface area contributed by atoms with E-state index < -0.39 is 10.0 Å².